The Morgan fingerprint density at radius 1 is 0.600 bits per heavy atom. The van der Waals surface area contributed by atoms with Crippen LogP contribution in [0.3, 0.4) is 0 Å². The summed E-state index contributed by atoms with van der Waals surface area (Å²) in [6.07, 6.45) is 15.3. The Morgan fingerprint density at radius 2 is 1.09 bits per heavy atom. The first-order valence-electron chi connectivity index (χ1n) is 17.7. The van der Waals surface area contributed by atoms with E-state index in [1.165, 1.54) is 24.1 Å². The van der Waals surface area contributed by atoms with Crippen LogP contribution < -0.4 is 5.32 Å². The Labute approximate surface area is 326 Å². The minimum Gasteiger partial charge on any atom is -0.406 e. The van der Waals surface area contributed by atoms with Crippen LogP contribution in [-0.2, 0) is 40.5 Å². The highest BCUT2D eigenvalue weighted by Gasteiger charge is 2.38. The predicted molar refractivity (Wildman–Crippen MR) is 216 cm³/mol. The zero-order valence-electron chi connectivity index (χ0n) is 32.8. The molecule has 0 fully saturated rings. The van der Waals surface area contributed by atoms with Crippen LogP contribution >= 0.6 is 31.3 Å². The molecule has 312 valence electrons. The minimum atomic E-state index is -5.47. The van der Waals surface area contributed by atoms with Gasteiger partial charge in [0.15, 0.2) is 0 Å². The van der Waals surface area contributed by atoms with E-state index in [0.29, 0.717) is 25.8 Å². The van der Waals surface area contributed by atoms with Gasteiger partial charge in [0.2, 0.25) is 0 Å². The second kappa shape index (κ2) is 25.2. The fourth-order valence-electron chi connectivity index (χ4n) is 4.64. The van der Waals surface area contributed by atoms with Crippen LogP contribution in [0.1, 0.15) is 99.8 Å². The second-order valence-corrected chi connectivity index (χ2v) is 19.1. The van der Waals surface area contributed by atoms with Crippen LogP contribution in [0.2, 0.25) is 0 Å². The molecule has 0 saturated heterocycles. The predicted octanol–water partition coefficient (Wildman–Crippen LogP) is 10.7. The molecule has 1 rings (SSSR count). The minimum absolute atomic E-state index is 0.165. The van der Waals surface area contributed by atoms with Crippen molar-refractivity contribution in [2.24, 2.45) is 0 Å². The molecule has 3 unspecified atom stereocenters. The fraction of sp³-hybridized carbons (Fsp3) is 0.500. The normalized spacial score (nSPS) is 17.1. The van der Waals surface area contributed by atoms with Crippen LogP contribution in [0.15, 0.2) is 99.9 Å². The van der Waals surface area contributed by atoms with Gasteiger partial charge in [-0.05, 0) is 118 Å². The first-order valence-corrected chi connectivity index (χ1v) is 23.7. The van der Waals surface area contributed by atoms with Crippen molar-refractivity contribution in [2.45, 2.75) is 99.8 Å². The number of phosphoric acid groups is 4. The maximum absolute atomic E-state index is 12.9. The average Bonchev–Trinajstić information content (AvgIpc) is 3.04. The van der Waals surface area contributed by atoms with Crippen LogP contribution in [-0.4, -0.2) is 44.2 Å². The molecular weight excluding hydrogens is 794 g/mol. The number of phosphoric ester groups is 3. The number of hydrogen-bond donors (Lipinski definition) is 6. The first-order chi connectivity index (χ1) is 25.5. The summed E-state index contributed by atoms with van der Waals surface area (Å²) in [6.45, 7) is 12.5. The summed E-state index contributed by atoms with van der Waals surface area (Å²) in [4.78, 5) is 48.1. The third-order valence-electron chi connectivity index (χ3n) is 7.66. The van der Waals surface area contributed by atoms with Crippen molar-refractivity contribution < 1.29 is 64.9 Å². The highest BCUT2D eigenvalue weighted by Crippen LogP contribution is 2.62. The number of nitrogens with one attached hydrogen (secondary N) is 1. The molecule has 0 heterocycles. The lowest BCUT2D eigenvalue weighted by Gasteiger charge is -2.20. The van der Waals surface area contributed by atoms with E-state index in [-0.39, 0.29) is 12.0 Å². The molecule has 0 aliphatic rings. The lowest BCUT2D eigenvalue weighted by atomic mass is 10.0. The molecule has 19 heteroatoms. The van der Waals surface area contributed by atoms with Gasteiger partial charge in [0.1, 0.15) is 12.4 Å². The number of para-hydroxylation sites is 1. The van der Waals surface area contributed by atoms with E-state index in [0.717, 1.165) is 48.1 Å². The molecule has 0 spiro atoms. The summed E-state index contributed by atoms with van der Waals surface area (Å²) in [7, 11) is -21.5. The Morgan fingerprint density at radius 3 is 1.64 bits per heavy atom. The number of benzene rings is 1. The summed E-state index contributed by atoms with van der Waals surface area (Å²) in [5, 5.41) is 3.32. The SMILES string of the molecule is CC(C)=CCC/C(C)=C/CC/C(C)=C/CC/C(C)=C(/COP(=O)(O)OP(=O)(O)O)OP(=O)(O)OP(=O)(O)OC/C=C(\C)CCC=C(C)CNc1ccccc1. The molecule has 1 aromatic rings. The largest absolute Gasteiger partial charge is 0.536 e. The van der Waals surface area contributed by atoms with E-state index in [1.54, 1.807) is 6.92 Å². The van der Waals surface area contributed by atoms with Crippen LogP contribution in [0, 0.1) is 0 Å². The maximum Gasteiger partial charge on any atom is 0.536 e. The van der Waals surface area contributed by atoms with Gasteiger partial charge in [-0.2, -0.15) is 8.62 Å². The summed E-state index contributed by atoms with van der Waals surface area (Å²) in [5.41, 5.74) is 6.77. The third kappa shape index (κ3) is 27.2. The van der Waals surface area contributed by atoms with Gasteiger partial charge in [0.05, 0.1) is 6.61 Å². The highest BCUT2D eigenvalue weighted by molar-refractivity contribution is 7.61. The van der Waals surface area contributed by atoms with E-state index < -0.39 is 50.3 Å². The lowest BCUT2D eigenvalue weighted by molar-refractivity contribution is 0.150. The highest BCUT2D eigenvalue weighted by atomic mass is 31.3. The van der Waals surface area contributed by atoms with Crippen LogP contribution in [0.4, 0.5) is 5.69 Å². The summed E-state index contributed by atoms with van der Waals surface area (Å²) in [6, 6.07) is 9.76. The molecule has 0 bridgehead atoms. The van der Waals surface area contributed by atoms with Gasteiger partial charge in [0.25, 0.3) is 0 Å². The molecule has 15 nitrogen and oxygen atoms in total. The summed E-state index contributed by atoms with van der Waals surface area (Å²) >= 11 is 0. The van der Waals surface area contributed by atoms with Gasteiger partial charge in [-0.3, -0.25) is 13.9 Å². The van der Waals surface area contributed by atoms with Crippen molar-refractivity contribution in [1.29, 1.82) is 0 Å². The van der Waals surface area contributed by atoms with Gasteiger partial charge < -0.3 is 29.4 Å². The molecule has 6 N–H and O–H groups in total. The zero-order valence-corrected chi connectivity index (χ0v) is 36.3. The van der Waals surface area contributed by atoms with Crippen molar-refractivity contribution >= 4 is 37.0 Å². The number of rotatable bonds is 27. The van der Waals surface area contributed by atoms with Crippen molar-refractivity contribution in [3.05, 3.63) is 99.9 Å². The Balaban J connectivity index is 2.88. The Bertz CT molecular complexity index is 1740. The number of anilines is 1. The van der Waals surface area contributed by atoms with Gasteiger partial charge in [0, 0.05) is 12.2 Å². The summed E-state index contributed by atoms with van der Waals surface area (Å²) < 4.78 is 71.3. The van der Waals surface area contributed by atoms with E-state index in [1.807, 2.05) is 50.3 Å². The van der Waals surface area contributed by atoms with Crippen LogP contribution in [0.25, 0.3) is 0 Å². The quantitative estimate of drug-likeness (QED) is 0.0275. The van der Waals surface area contributed by atoms with Gasteiger partial charge in [-0.1, -0.05) is 76.4 Å². The molecule has 0 saturated carbocycles. The zero-order chi connectivity index (χ0) is 41.7. The average molecular weight is 854 g/mol. The second-order valence-electron chi connectivity index (χ2n) is 13.3. The van der Waals surface area contributed by atoms with Gasteiger partial charge in [-0.15, -0.1) is 0 Å². The Kier molecular flexibility index (Phi) is 23.3. The van der Waals surface area contributed by atoms with Crippen molar-refractivity contribution in [2.75, 3.05) is 25.1 Å². The van der Waals surface area contributed by atoms with E-state index in [4.69, 9.17) is 18.8 Å². The van der Waals surface area contributed by atoms with E-state index >= 15 is 0 Å². The van der Waals surface area contributed by atoms with Crippen molar-refractivity contribution in [3.63, 3.8) is 0 Å². The molecule has 0 aliphatic heterocycles. The molecule has 0 radical (unpaired) electrons. The number of allylic oxidation sites excluding steroid dienone is 9. The first kappa shape index (κ1) is 50.8. The molecule has 0 aromatic heterocycles. The topological polar surface area (TPSA) is 228 Å². The van der Waals surface area contributed by atoms with Gasteiger partial charge >= 0.3 is 31.3 Å². The lowest BCUT2D eigenvalue weighted by Crippen LogP contribution is -2.06. The van der Waals surface area contributed by atoms with Crippen molar-refractivity contribution in [1.82, 2.24) is 0 Å². The maximum atomic E-state index is 12.9. The Hall–Kier alpha value is -2.18. The molecule has 55 heavy (non-hydrogen) atoms. The van der Waals surface area contributed by atoms with E-state index in [9.17, 15) is 32.9 Å². The van der Waals surface area contributed by atoms with Crippen molar-refractivity contribution in [3.8, 4) is 0 Å². The fourth-order valence-corrected chi connectivity index (χ4v) is 8.30. The summed E-state index contributed by atoms with van der Waals surface area (Å²) in [5.74, 6) is -0.576. The third-order valence-corrected chi connectivity index (χ3v) is 12.4. The van der Waals surface area contributed by atoms with Gasteiger partial charge in [-0.25, -0.2) is 18.3 Å². The molecule has 0 aliphatic carbocycles. The number of hydrogen-bond acceptors (Lipinski definition) is 10. The molecular formula is C36H59NO14P4. The molecule has 1 aromatic carbocycles. The van der Waals surface area contributed by atoms with Crippen LogP contribution in [0.5, 0.6) is 0 Å². The standard InChI is InChI=1S/C36H59NO14P4/c1-29(2)15-11-16-30(3)17-12-18-31(4)20-14-22-34(7)36(28-48-54(43,44)50-52(38,39)40)49-55(45,46)51-53(41,42)47-26-25-32(5)19-13-21-33(6)27-37-35-23-9-8-10-24-35/h8-10,15,17,20-21,23-25,37H,11-14,16,18-19,22,26-28H2,1-7H3,(H,41,42)(H,43,44)(H,45,46)(H2,38,39,40)/b30-17+,31-20+,32-25+,33-21?,36-34-. The molecule has 0 amide bonds. The molecule has 3 atom stereocenters. The smallest absolute Gasteiger partial charge is 0.406 e. The monoisotopic (exact) mass is 853 g/mol. The van der Waals surface area contributed by atoms with E-state index in [2.05, 4.69) is 57.5 Å².